The number of hydrogen-bond acceptors (Lipinski definition) is 4. The van der Waals surface area contributed by atoms with E-state index < -0.39 is 0 Å². The molecule has 0 amide bonds. The van der Waals surface area contributed by atoms with Crippen molar-refractivity contribution in [3.63, 3.8) is 0 Å². The average Bonchev–Trinajstić information content (AvgIpc) is 3.04. The molecule has 4 aliphatic carbocycles. The van der Waals surface area contributed by atoms with Gasteiger partial charge in [0.2, 0.25) is 0 Å². The van der Waals surface area contributed by atoms with Crippen LogP contribution in [0.5, 0.6) is 0 Å². The van der Waals surface area contributed by atoms with Gasteiger partial charge in [-0.1, -0.05) is 20.8 Å². The van der Waals surface area contributed by atoms with E-state index in [9.17, 15) is 14.7 Å². The summed E-state index contributed by atoms with van der Waals surface area (Å²) < 4.78 is 4.85. The zero-order chi connectivity index (χ0) is 21.0. The summed E-state index contributed by atoms with van der Waals surface area (Å²) in [7, 11) is 1.47. The molecule has 4 rings (SSSR count). The van der Waals surface area contributed by atoms with Crippen molar-refractivity contribution in [2.75, 3.05) is 7.11 Å². The zero-order valence-electron chi connectivity index (χ0n) is 18.8. The van der Waals surface area contributed by atoms with Gasteiger partial charge in [-0.2, -0.15) is 0 Å². The summed E-state index contributed by atoms with van der Waals surface area (Å²) >= 11 is 0. The van der Waals surface area contributed by atoms with Gasteiger partial charge in [-0.3, -0.25) is 9.59 Å². The molecule has 0 bridgehead atoms. The van der Waals surface area contributed by atoms with Crippen LogP contribution in [0.3, 0.4) is 0 Å². The molecule has 4 unspecified atom stereocenters. The van der Waals surface area contributed by atoms with Gasteiger partial charge in [0.05, 0.1) is 13.2 Å². The highest BCUT2D eigenvalue weighted by Crippen LogP contribution is 2.67. The molecule has 0 aromatic heterocycles. The van der Waals surface area contributed by atoms with Crippen molar-refractivity contribution in [2.45, 2.75) is 91.1 Å². The summed E-state index contributed by atoms with van der Waals surface area (Å²) in [5, 5.41) is 10.2. The third kappa shape index (κ3) is 3.38. The van der Waals surface area contributed by atoms with Gasteiger partial charge >= 0.3 is 5.97 Å². The Labute approximate surface area is 176 Å². The van der Waals surface area contributed by atoms with Crippen molar-refractivity contribution in [1.29, 1.82) is 0 Å². The second-order valence-corrected chi connectivity index (χ2v) is 11.4. The van der Waals surface area contributed by atoms with Crippen LogP contribution in [0.25, 0.3) is 0 Å². The molecular formula is C25H40O4. The highest BCUT2D eigenvalue weighted by atomic mass is 16.5. The van der Waals surface area contributed by atoms with E-state index in [1.807, 2.05) is 0 Å². The number of carbonyl (C=O) groups is 2. The minimum atomic E-state index is -0.210. The predicted molar refractivity (Wildman–Crippen MR) is 112 cm³/mol. The molecule has 4 fully saturated rings. The largest absolute Gasteiger partial charge is 0.469 e. The lowest BCUT2D eigenvalue weighted by molar-refractivity contribution is -0.160. The minimum Gasteiger partial charge on any atom is -0.469 e. The average molecular weight is 405 g/mol. The first-order chi connectivity index (χ1) is 13.7. The van der Waals surface area contributed by atoms with Crippen molar-refractivity contribution in [3.05, 3.63) is 0 Å². The molecule has 4 saturated carbocycles. The van der Waals surface area contributed by atoms with Crippen molar-refractivity contribution < 1.29 is 19.4 Å². The van der Waals surface area contributed by atoms with E-state index in [-0.39, 0.29) is 28.8 Å². The van der Waals surface area contributed by atoms with E-state index in [2.05, 4.69) is 20.8 Å². The van der Waals surface area contributed by atoms with Crippen LogP contribution in [0.4, 0.5) is 0 Å². The van der Waals surface area contributed by atoms with E-state index in [1.54, 1.807) is 0 Å². The van der Waals surface area contributed by atoms with Crippen molar-refractivity contribution in [2.24, 2.45) is 46.3 Å². The minimum absolute atomic E-state index is 0.110. The van der Waals surface area contributed by atoms with Gasteiger partial charge in [-0.05, 0) is 91.8 Å². The van der Waals surface area contributed by atoms with Crippen molar-refractivity contribution >= 4 is 11.8 Å². The number of esters is 1. The number of methoxy groups -OCH3 is 1. The lowest BCUT2D eigenvalue weighted by Crippen LogP contribution is -2.57. The molecule has 0 radical (unpaired) electrons. The van der Waals surface area contributed by atoms with Crippen LogP contribution in [-0.4, -0.2) is 30.1 Å². The third-order valence-corrected chi connectivity index (χ3v) is 10.2. The lowest BCUT2D eigenvalue weighted by atomic mass is 9.44. The van der Waals surface area contributed by atoms with Gasteiger partial charge < -0.3 is 9.84 Å². The van der Waals surface area contributed by atoms with Crippen LogP contribution in [-0.2, 0) is 14.3 Å². The van der Waals surface area contributed by atoms with Gasteiger partial charge in [0.25, 0.3) is 0 Å². The monoisotopic (exact) mass is 404 g/mol. The fraction of sp³-hybridized carbons (Fsp3) is 0.920. The number of aliphatic hydroxyl groups is 1. The molecule has 0 heterocycles. The van der Waals surface area contributed by atoms with E-state index in [0.29, 0.717) is 48.2 Å². The summed E-state index contributed by atoms with van der Waals surface area (Å²) in [6, 6.07) is 0. The number of fused-ring (bicyclic) bond motifs is 5. The molecular weight excluding hydrogens is 364 g/mol. The molecule has 4 heteroatoms. The Kier molecular flexibility index (Phi) is 5.63. The number of carbonyl (C=O) groups excluding carboxylic acids is 2. The van der Waals surface area contributed by atoms with Crippen molar-refractivity contribution in [1.82, 2.24) is 0 Å². The quantitative estimate of drug-likeness (QED) is 0.685. The first-order valence-corrected chi connectivity index (χ1v) is 12.0. The van der Waals surface area contributed by atoms with Crippen molar-refractivity contribution in [3.8, 4) is 0 Å². The maximum Gasteiger partial charge on any atom is 0.305 e. The molecule has 9 atom stereocenters. The highest BCUT2D eigenvalue weighted by Gasteiger charge is 2.62. The molecule has 29 heavy (non-hydrogen) atoms. The fourth-order valence-electron chi connectivity index (χ4n) is 8.53. The van der Waals surface area contributed by atoms with Crippen LogP contribution in [0.1, 0.15) is 85.0 Å². The van der Waals surface area contributed by atoms with Crippen LogP contribution in [0.15, 0.2) is 0 Å². The Bertz CT molecular complexity index is 659. The van der Waals surface area contributed by atoms with Crippen LogP contribution < -0.4 is 0 Å². The topological polar surface area (TPSA) is 63.6 Å². The zero-order valence-corrected chi connectivity index (χ0v) is 18.8. The van der Waals surface area contributed by atoms with Crippen LogP contribution >= 0.6 is 0 Å². The van der Waals surface area contributed by atoms with Gasteiger partial charge in [-0.25, -0.2) is 0 Å². The Morgan fingerprint density at radius 3 is 2.55 bits per heavy atom. The molecule has 4 aliphatic rings. The Balaban J connectivity index is 1.53. The summed E-state index contributed by atoms with van der Waals surface area (Å²) in [4.78, 5) is 25.0. The first kappa shape index (κ1) is 21.3. The summed E-state index contributed by atoms with van der Waals surface area (Å²) in [5.41, 5.74) is 0.456. The van der Waals surface area contributed by atoms with Gasteiger partial charge in [0, 0.05) is 18.8 Å². The molecule has 1 N–H and O–H groups in total. The first-order valence-electron chi connectivity index (χ1n) is 12.0. The number of Topliss-reactive ketones (excluding diaryl/α,β-unsaturated/α-hetero) is 1. The standard InChI is InChI=1S/C25H40O4/c1-15(5-8-22(28)29-4)18-6-7-19-23-20(10-12-25(18,19)3)24(2)11-9-17(26)13-16(24)14-21(23)27/h15-20,23,26H,5-14H2,1-4H3/t15-,16?,17-,18-,19?,20?,23?,24+,25-/m1/s1. The molecule has 4 nitrogen and oxygen atoms in total. The Hall–Kier alpha value is -0.900. The lowest BCUT2D eigenvalue weighted by Gasteiger charge is -2.60. The SMILES string of the molecule is COC(=O)CC[C@@H](C)[C@H]1CCC2C3C(=O)CC4C[C@H](O)CC[C@]4(C)C3CC[C@@]21C. The molecule has 164 valence electrons. The summed E-state index contributed by atoms with van der Waals surface area (Å²) in [5.74, 6) is 3.08. The van der Waals surface area contributed by atoms with E-state index in [4.69, 9.17) is 4.74 Å². The second-order valence-electron chi connectivity index (χ2n) is 11.4. The maximum atomic E-state index is 13.4. The summed E-state index contributed by atoms with van der Waals surface area (Å²) in [6.45, 7) is 7.18. The maximum absolute atomic E-state index is 13.4. The van der Waals surface area contributed by atoms with Crippen LogP contribution in [0.2, 0.25) is 0 Å². The smallest absolute Gasteiger partial charge is 0.305 e. The van der Waals surface area contributed by atoms with E-state index >= 15 is 0 Å². The van der Waals surface area contributed by atoms with Gasteiger partial charge in [0.15, 0.2) is 0 Å². The molecule has 0 saturated heterocycles. The molecule has 0 aromatic rings. The molecule has 0 aliphatic heterocycles. The second kappa shape index (κ2) is 7.66. The Morgan fingerprint density at radius 2 is 1.83 bits per heavy atom. The Morgan fingerprint density at radius 1 is 1.14 bits per heavy atom. The summed E-state index contributed by atoms with van der Waals surface area (Å²) in [6.07, 6.45) is 9.40. The number of ketones is 1. The molecule has 0 spiro atoms. The number of rotatable bonds is 4. The number of aliphatic hydroxyl groups excluding tert-OH is 1. The predicted octanol–water partition coefficient (Wildman–Crippen LogP) is 4.77. The molecule has 0 aromatic carbocycles. The third-order valence-electron chi connectivity index (χ3n) is 10.2. The van der Waals surface area contributed by atoms with Crippen LogP contribution in [0, 0.1) is 46.3 Å². The normalized spacial score (nSPS) is 47.7. The van der Waals surface area contributed by atoms with E-state index in [0.717, 1.165) is 32.1 Å². The van der Waals surface area contributed by atoms with E-state index in [1.165, 1.54) is 26.4 Å². The van der Waals surface area contributed by atoms with Gasteiger partial charge in [0.1, 0.15) is 5.78 Å². The highest BCUT2D eigenvalue weighted by molar-refractivity contribution is 5.83. The number of ether oxygens (including phenoxy) is 1. The fourth-order valence-corrected chi connectivity index (χ4v) is 8.53. The van der Waals surface area contributed by atoms with Gasteiger partial charge in [-0.15, -0.1) is 0 Å². The number of hydrogen-bond donors (Lipinski definition) is 1.